The zero-order valence-corrected chi connectivity index (χ0v) is 17.2. The van der Waals surface area contributed by atoms with Gasteiger partial charge in [0, 0.05) is 5.39 Å². The van der Waals surface area contributed by atoms with Crippen LogP contribution in [0, 0.1) is 12.7 Å². The molecule has 1 atom stereocenters. The number of aryl methyl sites for hydroxylation is 2. The fourth-order valence-electron chi connectivity index (χ4n) is 4.00. The molecule has 2 aromatic carbocycles. The summed E-state index contributed by atoms with van der Waals surface area (Å²) < 4.78 is 83.4. The number of halogens is 5. The number of aromatic nitrogens is 1. The Morgan fingerprint density at radius 2 is 1.77 bits per heavy atom. The summed E-state index contributed by atoms with van der Waals surface area (Å²) in [6.07, 6.45) is -5.92. The van der Waals surface area contributed by atoms with Crippen molar-refractivity contribution < 1.29 is 31.1 Å². The van der Waals surface area contributed by atoms with Crippen molar-refractivity contribution in [3.8, 4) is 0 Å². The van der Waals surface area contributed by atoms with Crippen LogP contribution in [0.5, 0.6) is 0 Å². The van der Waals surface area contributed by atoms with Gasteiger partial charge in [-0.25, -0.2) is 16.8 Å². The molecule has 0 radical (unpaired) electrons. The largest absolute Gasteiger partial charge is 0.422 e. The molecule has 4 rings (SSSR count). The van der Waals surface area contributed by atoms with Crippen LogP contribution in [0.1, 0.15) is 29.7 Å². The van der Waals surface area contributed by atoms with Gasteiger partial charge in [-0.15, -0.1) is 0 Å². The minimum absolute atomic E-state index is 0.0177. The molecule has 1 unspecified atom stereocenters. The number of benzene rings is 2. The predicted octanol–water partition coefficient (Wildman–Crippen LogP) is 5.07. The topological polar surface area (TPSA) is 59.3 Å². The Morgan fingerprint density at radius 3 is 2.37 bits per heavy atom. The Morgan fingerprint density at radius 1 is 1.13 bits per heavy atom. The van der Waals surface area contributed by atoms with Crippen LogP contribution in [-0.4, -0.2) is 23.7 Å². The summed E-state index contributed by atoms with van der Waals surface area (Å²) in [5.41, 5.74) is -3.82. The third-order valence-corrected chi connectivity index (χ3v) is 7.57. The number of rotatable bonds is 2. The zero-order chi connectivity index (χ0) is 22.1. The lowest BCUT2D eigenvalue weighted by Gasteiger charge is -2.35. The van der Waals surface area contributed by atoms with Crippen molar-refractivity contribution in [1.29, 1.82) is 0 Å². The van der Waals surface area contributed by atoms with Crippen molar-refractivity contribution in [2.75, 3.05) is 0 Å². The average Bonchev–Trinajstić information content (AvgIpc) is 3.01. The molecule has 1 heterocycles. The first-order valence-corrected chi connectivity index (χ1v) is 10.8. The van der Waals surface area contributed by atoms with Gasteiger partial charge in [-0.1, -0.05) is 29.3 Å². The van der Waals surface area contributed by atoms with Gasteiger partial charge in [-0.3, -0.25) is 0 Å². The maximum atomic E-state index is 14.1. The fraction of sp³-hybridized carbons (Fsp3) is 0.300. The van der Waals surface area contributed by atoms with Crippen LogP contribution in [-0.2, 0) is 22.0 Å². The zero-order valence-electron chi connectivity index (χ0n) is 15.6. The first-order valence-electron chi connectivity index (χ1n) is 9.02. The summed E-state index contributed by atoms with van der Waals surface area (Å²) >= 11 is 6.05. The normalized spacial score (nSPS) is 19.8. The van der Waals surface area contributed by atoms with Crippen LogP contribution in [0.2, 0.25) is 5.02 Å². The van der Waals surface area contributed by atoms with E-state index in [9.17, 15) is 31.1 Å². The molecular weight excluding hydrogens is 446 g/mol. The number of aliphatic hydroxyl groups is 1. The third-order valence-electron chi connectivity index (χ3n) is 5.47. The molecule has 0 bridgehead atoms. The van der Waals surface area contributed by atoms with Crippen molar-refractivity contribution >= 4 is 32.5 Å². The van der Waals surface area contributed by atoms with Gasteiger partial charge in [-0.2, -0.15) is 13.2 Å². The monoisotopic (exact) mass is 461 g/mol. The Balaban J connectivity index is 2.19. The highest BCUT2D eigenvalue weighted by Gasteiger charge is 2.59. The molecular formula is C20H16ClF4NO3S. The van der Waals surface area contributed by atoms with E-state index >= 15 is 0 Å². The quantitative estimate of drug-likeness (QED) is 0.542. The van der Waals surface area contributed by atoms with E-state index in [2.05, 4.69) is 0 Å². The second-order valence-electron chi connectivity index (χ2n) is 7.38. The minimum atomic E-state index is -5.15. The lowest BCUT2D eigenvalue weighted by molar-refractivity contribution is -0.273. The van der Waals surface area contributed by atoms with E-state index in [0.29, 0.717) is 3.97 Å². The fourth-order valence-corrected chi connectivity index (χ4v) is 5.88. The Kier molecular flexibility index (Phi) is 4.72. The molecule has 3 aromatic rings. The molecule has 0 fully saturated rings. The predicted molar refractivity (Wildman–Crippen MR) is 104 cm³/mol. The van der Waals surface area contributed by atoms with E-state index in [-0.39, 0.29) is 34.2 Å². The maximum absolute atomic E-state index is 14.1. The van der Waals surface area contributed by atoms with Crippen LogP contribution < -0.4 is 0 Å². The summed E-state index contributed by atoms with van der Waals surface area (Å²) in [5, 5.41) is 10.1. The van der Waals surface area contributed by atoms with E-state index < -0.39 is 44.8 Å². The highest BCUT2D eigenvalue weighted by molar-refractivity contribution is 7.90. The molecule has 30 heavy (non-hydrogen) atoms. The minimum Gasteiger partial charge on any atom is -0.375 e. The van der Waals surface area contributed by atoms with Crippen molar-refractivity contribution in [2.45, 2.75) is 42.9 Å². The number of alkyl halides is 3. The third kappa shape index (κ3) is 2.86. The first-order chi connectivity index (χ1) is 13.9. The van der Waals surface area contributed by atoms with Crippen LogP contribution in [0.25, 0.3) is 10.9 Å². The van der Waals surface area contributed by atoms with E-state index in [1.165, 1.54) is 24.3 Å². The molecule has 1 aliphatic rings. The van der Waals surface area contributed by atoms with E-state index in [1.54, 1.807) is 6.92 Å². The van der Waals surface area contributed by atoms with Gasteiger partial charge in [0.05, 0.1) is 21.1 Å². The highest BCUT2D eigenvalue weighted by Crippen LogP contribution is 2.51. The second-order valence-corrected chi connectivity index (χ2v) is 9.54. The molecule has 1 aromatic heterocycles. The van der Waals surface area contributed by atoms with Gasteiger partial charge in [0.1, 0.15) is 5.82 Å². The van der Waals surface area contributed by atoms with Crippen molar-refractivity contribution in [3.63, 3.8) is 0 Å². The summed E-state index contributed by atoms with van der Waals surface area (Å²) in [7, 11) is -4.57. The van der Waals surface area contributed by atoms with E-state index in [4.69, 9.17) is 11.6 Å². The van der Waals surface area contributed by atoms with Gasteiger partial charge >= 0.3 is 6.18 Å². The van der Waals surface area contributed by atoms with Gasteiger partial charge in [-0.05, 0) is 56.0 Å². The molecule has 160 valence electrons. The molecule has 0 spiro atoms. The molecule has 0 amide bonds. The number of nitrogens with zero attached hydrogens (tertiary/aromatic N) is 1. The van der Waals surface area contributed by atoms with Gasteiger partial charge in [0.25, 0.3) is 10.0 Å². The molecule has 4 nitrogen and oxygen atoms in total. The number of fused-ring (bicyclic) bond motifs is 3. The average molecular weight is 462 g/mol. The van der Waals surface area contributed by atoms with Crippen molar-refractivity contribution in [2.24, 2.45) is 0 Å². The molecule has 10 heteroatoms. The summed E-state index contributed by atoms with van der Waals surface area (Å²) in [6, 6.07) is 7.51. The summed E-state index contributed by atoms with van der Waals surface area (Å²) in [6.45, 7) is 1.73. The Hall–Kier alpha value is -2.10. The first kappa shape index (κ1) is 21.1. The van der Waals surface area contributed by atoms with Crippen LogP contribution in [0.4, 0.5) is 17.6 Å². The maximum Gasteiger partial charge on any atom is 0.422 e. The van der Waals surface area contributed by atoms with E-state index in [0.717, 1.165) is 17.7 Å². The van der Waals surface area contributed by atoms with Crippen molar-refractivity contribution in [1.82, 2.24) is 3.97 Å². The molecule has 0 saturated carbocycles. The second kappa shape index (κ2) is 6.70. The molecule has 0 saturated heterocycles. The molecule has 1 aliphatic carbocycles. The summed E-state index contributed by atoms with van der Waals surface area (Å²) in [4.78, 5) is -0.261. The highest BCUT2D eigenvalue weighted by atomic mass is 35.5. The Labute approximate surface area is 174 Å². The number of hydrogen-bond acceptors (Lipinski definition) is 3. The Bertz CT molecular complexity index is 1270. The number of hydrogen-bond donors (Lipinski definition) is 1. The SMILES string of the molecule is Cc1ccc(S(=O)(=O)n2c3c(c4c(Cl)c(F)ccc42)CCCC3(O)C(F)(F)F)cc1. The van der Waals surface area contributed by atoms with Gasteiger partial charge < -0.3 is 5.11 Å². The molecule has 1 N–H and O–H groups in total. The standard InChI is InChI=1S/C20H16ClF4NO3S/c1-11-4-6-12(7-5-11)30(28,29)26-15-9-8-14(22)17(21)16(15)13-3-2-10-19(27,18(13)26)20(23,24)25/h4-9,27H,2-3,10H2,1H3. The van der Waals surface area contributed by atoms with Crippen molar-refractivity contribution in [3.05, 3.63) is 64.1 Å². The van der Waals surface area contributed by atoms with Gasteiger partial charge in [0.2, 0.25) is 5.60 Å². The van der Waals surface area contributed by atoms with Crippen LogP contribution in [0.15, 0.2) is 41.3 Å². The summed E-state index contributed by atoms with van der Waals surface area (Å²) in [5.74, 6) is -0.891. The van der Waals surface area contributed by atoms with Gasteiger partial charge in [0.15, 0.2) is 0 Å². The van der Waals surface area contributed by atoms with E-state index in [1.807, 2.05) is 0 Å². The lowest BCUT2D eigenvalue weighted by Crippen LogP contribution is -2.46. The smallest absolute Gasteiger partial charge is 0.375 e. The molecule has 0 aliphatic heterocycles. The van der Waals surface area contributed by atoms with Crippen LogP contribution >= 0.6 is 11.6 Å². The van der Waals surface area contributed by atoms with Crippen LogP contribution in [0.3, 0.4) is 0 Å². The lowest BCUT2D eigenvalue weighted by atomic mass is 9.82.